The van der Waals surface area contributed by atoms with Crippen molar-refractivity contribution in [2.45, 2.75) is 26.7 Å². The Labute approximate surface area is 79.2 Å². The van der Waals surface area contributed by atoms with Gasteiger partial charge in [-0.1, -0.05) is 26.0 Å². The lowest BCUT2D eigenvalue weighted by Crippen LogP contribution is -1.98. The molecule has 0 radical (unpaired) electrons. The molecular formula is C11H16O2. The Morgan fingerprint density at radius 3 is 2.62 bits per heavy atom. The lowest BCUT2D eigenvalue weighted by Gasteiger charge is -2.13. The Bertz CT molecular complexity index is 279. The lowest BCUT2D eigenvalue weighted by atomic mass is 10.0. The minimum absolute atomic E-state index is 0.230. The van der Waals surface area contributed by atoms with Crippen LogP contribution in [0.1, 0.15) is 32.3 Å². The van der Waals surface area contributed by atoms with Gasteiger partial charge in [0, 0.05) is 5.56 Å². The first-order valence-electron chi connectivity index (χ1n) is 4.61. The predicted molar refractivity (Wildman–Crippen MR) is 53.4 cm³/mol. The second-order valence-electron chi connectivity index (χ2n) is 3.28. The summed E-state index contributed by atoms with van der Waals surface area (Å²) in [6.45, 7) is 6.66. The Morgan fingerprint density at radius 2 is 2.08 bits per heavy atom. The van der Waals surface area contributed by atoms with E-state index in [1.165, 1.54) is 0 Å². The van der Waals surface area contributed by atoms with Crippen LogP contribution in [0.4, 0.5) is 0 Å². The summed E-state index contributed by atoms with van der Waals surface area (Å²) in [7, 11) is 0. The maximum absolute atomic E-state index is 9.55. The van der Waals surface area contributed by atoms with Gasteiger partial charge in [-0.05, 0) is 18.9 Å². The van der Waals surface area contributed by atoms with E-state index >= 15 is 0 Å². The first-order valence-corrected chi connectivity index (χ1v) is 4.61. The van der Waals surface area contributed by atoms with Gasteiger partial charge < -0.3 is 9.84 Å². The van der Waals surface area contributed by atoms with E-state index in [4.69, 9.17) is 4.74 Å². The van der Waals surface area contributed by atoms with Gasteiger partial charge in [-0.15, -0.1) is 0 Å². The molecule has 72 valence electrons. The summed E-state index contributed by atoms with van der Waals surface area (Å²) in [5.41, 5.74) is 1.06. The van der Waals surface area contributed by atoms with E-state index in [-0.39, 0.29) is 5.75 Å². The Morgan fingerprint density at radius 1 is 1.38 bits per heavy atom. The van der Waals surface area contributed by atoms with Gasteiger partial charge in [0.15, 0.2) is 11.5 Å². The molecule has 1 N–H and O–H groups in total. The smallest absolute Gasteiger partial charge is 0.164 e. The molecule has 0 atom stereocenters. The molecule has 0 heterocycles. The first-order chi connectivity index (χ1) is 6.16. The van der Waals surface area contributed by atoms with E-state index in [1.54, 1.807) is 6.07 Å². The van der Waals surface area contributed by atoms with Crippen molar-refractivity contribution in [3.63, 3.8) is 0 Å². The maximum Gasteiger partial charge on any atom is 0.164 e. The van der Waals surface area contributed by atoms with Gasteiger partial charge in [-0.25, -0.2) is 0 Å². The third-order valence-electron chi connectivity index (χ3n) is 1.94. The molecule has 0 aromatic heterocycles. The molecule has 2 heteroatoms. The van der Waals surface area contributed by atoms with E-state index in [0.29, 0.717) is 18.3 Å². The summed E-state index contributed by atoms with van der Waals surface area (Å²) in [6.07, 6.45) is 0. The molecule has 0 saturated heterocycles. The van der Waals surface area contributed by atoms with Crippen LogP contribution in [0.3, 0.4) is 0 Å². The molecule has 2 nitrogen and oxygen atoms in total. The van der Waals surface area contributed by atoms with Gasteiger partial charge >= 0.3 is 0 Å². The van der Waals surface area contributed by atoms with Crippen molar-refractivity contribution < 1.29 is 9.84 Å². The molecule has 0 saturated carbocycles. The summed E-state index contributed by atoms with van der Waals surface area (Å²) in [6, 6.07) is 5.47. The minimum atomic E-state index is 0.230. The molecule has 0 unspecified atom stereocenters. The SMILES string of the molecule is CCOc1c(O)cccc1C(C)C. The Kier molecular flexibility index (Phi) is 3.18. The summed E-state index contributed by atoms with van der Waals surface area (Å²) in [5, 5.41) is 9.55. The van der Waals surface area contributed by atoms with Gasteiger partial charge in [-0.3, -0.25) is 0 Å². The van der Waals surface area contributed by atoms with Crippen molar-refractivity contribution in [2.24, 2.45) is 0 Å². The number of hydrogen-bond acceptors (Lipinski definition) is 2. The molecule has 0 amide bonds. The molecule has 1 rings (SSSR count). The van der Waals surface area contributed by atoms with Crippen LogP contribution in [-0.2, 0) is 0 Å². The van der Waals surface area contributed by atoms with Gasteiger partial charge in [0.25, 0.3) is 0 Å². The summed E-state index contributed by atoms with van der Waals surface area (Å²) < 4.78 is 5.38. The highest BCUT2D eigenvalue weighted by Gasteiger charge is 2.10. The van der Waals surface area contributed by atoms with E-state index < -0.39 is 0 Å². The fraction of sp³-hybridized carbons (Fsp3) is 0.455. The van der Waals surface area contributed by atoms with E-state index in [0.717, 1.165) is 5.56 Å². The zero-order valence-electron chi connectivity index (χ0n) is 8.37. The van der Waals surface area contributed by atoms with Crippen molar-refractivity contribution >= 4 is 0 Å². The lowest BCUT2D eigenvalue weighted by molar-refractivity contribution is 0.313. The minimum Gasteiger partial charge on any atom is -0.504 e. The van der Waals surface area contributed by atoms with E-state index in [2.05, 4.69) is 13.8 Å². The van der Waals surface area contributed by atoms with Crippen LogP contribution in [-0.4, -0.2) is 11.7 Å². The number of phenols is 1. The third-order valence-corrected chi connectivity index (χ3v) is 1.94. The Hall–Kier alpha value is -1.18. The second kappa shape index (κ2) is 4.17. The highest BCUT2D eigenvalue weighted by molar-refractivity contribution is 5.46. The molecule has 0 aliphatic carbocycles. The van der Waals surface area contributed by atoms with Crippen molar-refractivity contribution in [1.82, 2.24) is 0 Å². The van der Waals surface area contributed by atoms with Crippen LogP contribution >= 0.6 is 0 Å². The fourth-order valence-corrected chi connectivity index (χ4v) is 1.30. The van der Waals surface area contributed by atoms with Gasteiger partial charge in [0.2, 0.25) is 0 Å². The van der Waals surface area contributed by atoms with Crippen molar-refractivity contribution in [3.05, 3.63) is 23.8 Å². The molecular weight excluding hydrogens is 164 g/mol. The Balaban J connectivity index is 3.09. The average Bonchev–Trinajstić information content (AvgIpc) is 2.08. The number of aromatic hydroxyl groups is 1. The van der Waals surface area contributed by atoms with Crippen LogP contribution in [0, 0.1) is 0 Å². The molecule has 0 fully saturated rings. The van der Waals surface area contributed by atoms with Crippen LogP contribution in [0.5, 0.6) is 11.5 Å². The van der Waals surface area contributed by atoms with Gasteiger partial charge in [0.05, 0.1) is 6.61 Å². The van der Waals surface area contributed by atoms with Crippen molar-refractivity contribution in [3.8, 4) is 11.5 Å². The fourth-order valence-electron chi connectivity index (χ4n) is 1.30. The van der Waals surface area contributed by atoms with E-state index in [1.807, 2.05) is 19.1 Å². The number of phenolic OH excluding ortho intramolecular Hbond substituents is 1. The largest absolute Gasteiger partial charge is 0.504 e. The van der Waals surface area contributed by atoms with Crippen LogP contribution in [0.2, 0.25) is 0 Å². The maximum atomic E-state index is 9.55. The molecule has 0 bridgehead atoms. The molecule has 1 aromatic carbocycles. The molecule has 13 heavy (non-hydrogen) atoms. The number of rotatable bonds is 3. The monoisotopic (exact) mass is 180 g/mol. The number of ether oxygens (including phenoxy) is 1. The summed E-state index contributed by atoms with van der Waals surface area (Å²) in [4.78, 5) is 0. The van der Waals surface area contributed by atoms with E-state index in [9.17, 15) is 5.11 Å². The molecule has 1 aromatic rings. The molecule has 0 spiro atoms. The first kappa shape index (κ1) is 9.90. The predicted octanol–water partition coefficient (Wildman–Crippen LogP) is 2.91. The third kappa shape index (κ3) is 2.14. The topological polar surface area (TPSA) is 29.5 Å². The van der Waals surface area contributed by atoms with Crippen molar-refractivity contribution in [2.75, 3.05) is 6.61 Å². The number of para-hydroxylation sites is 1. The summed E-state index contributed by atoms with van der Waals surface area (Å²) in [5.74, 6) is 1.22. The van der Waals surface area contributed by atoms with Gasteiger partial charge in [-0.2, -0.15) is 0 Å². The van der Waals surface area contributed by atoms with Gasteiger partial charge in [0.1, 0.15) is 0 Å². The molecule has 0 aliphatic rings. The van der Waals surface area contributed by atoms with Crippen LogP contribution in [0.25, 0.3) is 0 Å². The normalized spacial score (nSPS) is 10.5. The quantitative estimate of drug-likeness (QED) is 0.775. The summed E-state index contributed by atoms with van der Waals surface area (Å²) >= 11 is 0. The number of hydrogen-bond donors (Lipinski definition) is 1. The van der Waals surface area contributed by atoms with Crippen LogP contribution in [0.15, 0.2) is 18.2 Å². The van der Waals surface area contributed by atoms with Crippen molar-refractivity contribution in [1.29, 1.82) is 0 Å². The van der Waals surface area contributed by atoms with Crippen LogP contribution < -0.4 is 4.74 Å². The highest BCUT2D eigenvalue weighted by Crippen LogP contribution is 2.34. The highest BCUT2D eigenvalue weighted by atomic mass is 16.5. The zero-order valence-corrected chi connectivity index (χ0v) is 8.37. The zero-order chi connectivity index (χ0) is 9.84. The average molecular weight is 180 g/mol. The second-order valence-corrected chi connectivity index (χ2v) is 3.28. The molecule has 0 aliphatic heterocycles. The standard InChI is InChI=1S/C11H16O2/c1-4-13-11-9(8(2)3)6-5-7-10(11)12/h5-8,12H,4H2,1-3H3. The number of benzene rings is 1.